The third-order valence-corrected chi connectivity index (χ3v) is 6.65. The molecule has 0 radical (unpaired) electrons. The minimum Gasteiger partial charge on any atom is -0.485 e. The van der Waals surface area contributed by atoms with Crippen LogP contribution in [0, 0.1) is 30.6 Å². The van der Waals surface area contributed by atoms with E-state index >= 15 is 0 Å². The fourth-order valence-electron chi connectivity index (χ4n) is 5.19. The molecule has 5 atom stereocenters. The Kier molecular flexibility index (Phi) is 4.57. The first kappa shape index (κ1) is 18.9. The van der Waals surface area contributed by atoms with Gasteiger partial charge in [-0.1, -0.05) is 29.8 Å². The van der Waals surface area contributed by atoms with Gasteiger partial charge in [-0.05, 0) is 49.9 Å². The van der Waals surface area contributed by atoms with Crippen LogP contribution in [0.2, 0.25) is 0 Å². The fraction of sp³-hybridized carbons (Fsp3) is 0.375. The molecule has 0 spiro atoms. The predicted octanol–water partition coefficient (Wildman–Crippen LogP) is 3.39. The van der Waals surface area contributed by atoms with E-state index in [9.17, 15) is 14.4 Å². The van der Waals surface area contributed by atoms with Gasteiger partial charge in [-0.2, -0.15) is 0 Å². The van der Waals surface area contributed by atoms with Crippen LogP contribution in [0.15, 0.2) is 48.5 Å². The molecule has 2 bridgehead atoms. The monoisotopic (exact) mass is 405 g/mol. The van der Waals surface area contributed by atoms with E-state index in [1.54, 1.807) is 36.4 Å². The summed E-state index contributed by atoms with van der Waals surface area (Å²) < 4.78 is 11.0. The molecule has 2 aliphatic carbocycles. The molecule has 6 nitrogen and oxygen atoms in total. The highest BCUT2D eigenvalue weighted by Crippen LogP contribution is 2.57. The Bertz CT molecular complexity index is 995. The molecule has 1 N–H and O–H groups in total. The molecule has 30 heavy (non-hydrogen) atoms. The molecule has 1 aliphatic heterocycles. The van der Waals surface area contributed by atoms with Gasteiger partial charge in [0.2, 0.25) is 5.91 Å². The van der Waals surface area contributed by atoms with Crippen molar-refractivity contribution in [2.75, 3.05) is 11.9 Å². The van der Waals surface area contributed by atoms with Gasteiger partial charge in [-0.25, -0.2) is 0 Å². The Balaban J connectivity index is 1.17. The van der Waals surface area contributed by atoms with Gasteiger partial charge in [-0.15, -0.1) is 0 Å². The third-order valence-electron chi connectivity index (χ3n) is 6.65. The van der Waals surface area contributed by atoms with Crippen molar-refractivity contribution in [3.63, 3.8) is 0 Å². The second kappa shape index (κ2) is 7.27. The fourth-order valence-corrected chi connectivity index (χ4v) is 5.19. The van der Waals surface area contributed by atoms with E-state index in [4.69, 9.17) is 9.47 Å². The summed E-state index contributed by atoms with van der Waals surface area (Å²) in [6, 6.07) is 14.3. The number of fused-ring (bicyclic) bond motifs is 1. The molecule has 3 fully saturated rings. The van der Waals surface area contributed by atoms with Crippen LogP contribution in [0.1, 0.15) is 28.8 Å². The van der Waals surface area contributed by atoms with Gasteiger partial charge >= 0.3 is 5.97 Å². The summed E-state index contributed by atoms with van der Waals surface area (Å²) >= 11 is 0. The number of esters is 1. The number of anilines is 1. The average Bonchev–Trinajstić information content (AvgIpc) is 3.36. The SMILES string of the molecule is Cc1ccc(C(=O)COc2ccc(NC(=O)[C@@H]3[C@H]4C[C@H]5[C@@H]3C(=O)O[C@H]5C4)cc2)cc1. The summed E-state index contributed by atoms with van der Waals surface area (Å²) in [5.74, 6) is -0.0263. The smallest absolute Gasteiger partial charge is 0.310 e. The summed E-state index contributed by atoms with van der Waals surface area (Å²) in [6.07, 6.45) is 1.73. The summed E-state index contributed by atoms with van der Waals surface area (Å²) in [5.41, 5.74) is 2.35. The Labute approximate surface area is 174 Å². The molecule has 2 aromatic carbocycles. The zero-order valence-electron chi connectivity index (χ0n) is 16.7. The van der Waals surface area contributed by atoms with Crippen LogP contribution in [0.25, 0.3) is 0 Å². The molecule has 2 saturated carbocycles. The molecule has 1 amide bonds. The molecule has 1 saturated heterocycles. The lowest BCUT2D eigenvalue weighted by molar-refractivity contribution is -0.145. The zero-order valence-corrected chi connectivity index (χ0v) is 16.7. The first-order valence-corrected chi connectivity index (χ1v) is 10.3. The summed E-state index contributed by atoms with van der Waals surface area (Å²) in [5, 5.41) is 2.93. The van der Waals surface area contributed by atoms with Gasteiger partial charge in [0, 0.05) is 17.2 Å². The number of nitrogens with one attached hydrogen (secondary N) is 1. The topological polar surface area (TPSA) is 81.7 Å². The number of Topliss-reactive ketones (excluding diaryl/α,β-unsaturated/α-hetero) is 1. The van der Waals surface area contributed by atoms with Crippen LogP contribution in [0.5, 0.6) is 5.75 Å². The van der Waals surface area contributed by atoms with Gasteiger partial charge in [0.15, 0.2) is 12.4 Å². The number of ketones is 1. The van der Waals surface area contributed by atoms with Crippen molar-refractivity contribution in [3.8, 4) is 5.75 Å². The molecular weight excluding hydrogens is 382 g/mol. The molecule has 6 heteroatoms. The maximum atomic E-state index is 12.8. The second-order valence-corrected chi connectivity index (χ2v) is 8.51. The zero-order chi connectivity index (χ0) is 20.8. The minimum absolute atomic E-state index is 0.0237. The summed E-state index contributed by atoms with van der Waals surface area (Å²) in [7, 11) is 0. The minimum atomic E-state index is -0.302. The van der Waals surface area contributed by atoms with E-state index < -0.39 is 0 Å². The van der Waals surface area contributed by atoms with Gasteiger partial charge in [-0.3, -0.25) is 14.4 Å². The third kappa shape index (κ3) is 3.26. The second-order valence-electron chi connectivity index (χ2n) is 8.51. The van der Waals surface area contributed by atoms with Crippen molar-refractivity contribution < 1.29 is 23.9 Å². The highest BCUT2D eigenvalue weighted by atomic mass is 16.6. The maximum absolute atomic E-state index is 12.8. The quantitative estimate of drug-likeness (QED) is 0.589. The molecule has 0 unspecified atom stereocenters. The molecule has 154 valence electrons. The first-order chi connectivity index (χ1) is 14.5. The van der Waals surface area contributed by atoms with Gasteiger partial charge in [0.25, 0.3) is 0 Å². The van der Waals surface area contributed by atoms with Crippen molar-refractivity contribution in [2.24, 2.45) is 23.7 Å². The van der Waals surface area contributed by atoms with Crippen LogP contribution >= 0.6 is 0 Å². The van der Waals surface area contributed by atoms with E-state index in [1.165, 1.54) is 0 Å². The average molecular weight is 405 g/mol. The number of carbonyl (C=O) groups is 3. The normalized spacial score (nSPS) is 28.3. The standard InChI is InChI=1S/C24H23NO5/c1-13-2-4-14(5-3-13)19(26)12-29-17-8-6-16(7-9-17)25-23(27)21-15-10-18-20(11-15)30-24(28)22(18)21/h2-9,15,18,20-22H,10-12H2,1H3,(H,25,27)/t15-,18+,20-,21+,22-/m0/s1. The summed E-state index contributed by atoms with van der Waals surface area (Å²) in [4.78, 5) is 37.1. The van der Waals surface area contributed by atoms with Gasteiger partial charge in [0.05, 0.1) is 11.8 Å². The Morgan fingerprint density at radius 1 is 1.07 bits per heavy atom. The van der Waals surface area contributed by atoms with Crippen molar-refractivity contribution in [1.82, 2.24) is 0 Å². The van der Waals surface area contributed by atoms with Crippen LogP contribution in [-0.2, 0) is 14.3 Å². The van der Waals surface area contributed by atoms with E-state index in [2.05, 4.69) is 5.32 Å². The number of hydrogen-bond donors (Lipinski definition) is 1. The lowest BCUT2D eigenvalue weighted by Crippen LogP contribution is -2.35. The van der Waals surface area contributed by atoms with E-state index in [1.807, 2.05) is 19.1 Å². The lowest BCUT2D eigenvalue weighted by Gasteiger charge is -2.23. The van der Waals surface area contributed by atoms with Crippen molar-refractivity contribution in [2.45, 2.75) is 25.9 Å². The van der Waals surface area contributed by atoms with Gasteiger partial charge in [0.1, 0.15) is 11.9 Å². The van der Waals surface area contributed by atoms with Gasteiger partial charge < -0.3 is 14.8 Å². The Morgan fingerprint density at radius 2 is 1.80 bits per heavy atom. The van der Waals surface area contributed by atoms with Crippen LogP contribution in [0.3, 0.4) is 0 Å². The van der Waals surface area contributed by atoms with Crippen molar-refractivity contribution in [3.05, 3.63) is 59.7 Å². The predicted molar refractivity (Wildman–Crippen MR) is 109 cm³/mol. The number of carbonyl (C=O) groups excluding carboxylic acids is 3. The van der Waals surface area contributed by atoms with E-state index in [0.29, 0.717) is 17.0 Å². The number of hydrogen-bond acceptors (Lipinski definition) is 5. The summed E-state index contributed by atoms with van der Waals surface area (Å²) in [6.45, 7) is 1.92. The highest BCUT2D eigenvalue weighted by Gasteiger charge is 2.63. The van der Waals surface area contributed by atoms with Crippen LogP contribution in [-0.4, -0.2) is 30.4 Å². The van der Waals surface area contributed by atoms with E-state index in [0.717, 1.165) is 18.4 Å². The molecule has 1 heterocycles. The number of benzene rings is 2. The maximum Gasteiger partial charge on any atom is 0.310 e. The highest BCUT2D eigenvalue weighted by molar-refractivity contribution is 5.98. The number of rotatable bonds is 6. The van der Waals surface area contributed by atoms with Crippen LogP contribution < -0.4 is 10.1 Å². The molecule has 0 aromatic heterocycles. The Hall–Kier alpha value is -3.15. The number of ether oxygens (including phenoxy) is 2. The largest absolute Gasteiger partial charge is 0.485 e. The molecule has 3 aliphatic rings. The van der Waals surface area contributed by atoms with Crippen molar-refractivity contribution in [1.29, 1.82) is 0 Å². The van der Waals surface area contributed by atoms with Crippen LogP contribution in [0.4, 0.5) is 5.69 Å². The van der Waals surface area contributed by atoms with E-state index in [-0.39, 0.29) is 54.0 Å². The van der Waals surface area contributed by atoms with Crippen molar-refractivity contribution >= 4 is 23.3 Å². The molecule has 2 aromatic rings. The number of amides is 1. The lowest BCUT2D eigenvalue weighted by atomic mass is 9.79. The first-order valence-electron chi connectivity index (χ1n) is 10.3. The Morgan fingerprint density at radius 3 is 2.53 bits per heavy atom. The molecule has 5 rings (SSSR count). The number of aryl methyl sites for hydroxylation is 1. The molecular formula is C24H23NO5.